The lowest BCUT2D eigenvalue weighted by Crippen LogP contribution is -2.29. The van der Waals surface area contributed by atoms with Crippen LogP contribution >= 0.6 is 11.6 Å². The number of hydrogen-bond donors (Lipinski definition) is 1. The van der Waals surface area contributed by atoms with Crippen LogP contribution in [0.5, 0.6) is 0 Å². The molecule has 1 aromatic carbocycles. The molecule has 136 valence electrons. The van der Waals surface area contributed by atoms with E-state index in [9.17, 15) is 8.42 Å². The highest BCUT2D eigenvalue weighted by Gasteiger charge is 2.45. The summed E-state index contributed by atoms with van der Waals surface area (Å²) in [7, 11) is -3.96. The molecule has 1 aromatic rings. The van der Waals surface area contributed by atoms with Crippen molar-refractivity contribution in [2.24, 2.45) is 5.14 Å². The Morgan fingerprint density at radius 1 is 1.21 bits per heavy atom. The molecule has 24 heavy (non-hydrogen) atoms. The maximum absolute atomic E-state index is 10.9. The third kappa shape index (κ3) is 5.15. The molecule has 1 heterocycles. The van der Waals surface area contributed by atoms with Gasteiger partial charge in [0.25, 0.3) is 0 Å². The molecule has 0 amide bonds. The SMILES string of the molecule is CCC1(CC)O[C@H](CCOS(N)(=O)=O)[C@@H](Cc2ccccc2Cl)O1. The Bertz CT molecular complexity index is 648. The molecule has 0 radical (unpaired) electrons. The van der Waals surface area contributed by atoms with E-state index in [2.05, 4.69) is 4.18 Å². The summed E-state index contributed by atoms with van der Waals surface area (Å²) in [5.74, 6) is -0.655. The second-order valence-electron chi connectivity index (χ2n) is 5.83. The van der Waals surface area contributed by atoms with Crippen LogP contribution in [-0.2, 0) is 30.4 Å². The van der Waals surface area contributed by atoms with Gasteiger partial charge in [0.15, 0.2) is 5.79 Å². The molecule has 0 unspecified atom stereocenters. The summed E-state index contributed by atoms with van der Waals surface area (Å²) < 4.78 is 38.8. The minimum absolute atomic E-state index is 0.0462. The quantitative estimate of drug-likeness (QED) is 0.752. The van der Waals surface area contributed by atoms with Crippen LogP contribution in [0.4, 0.5) is 0 Å². The van der Waals surface area contributed by atoms with Gasteiger partial charge in [-0.3, -0.25) is 4.18 Å². The molecule has 1 saturated heterocycles. The minimum atomic E-state index is -3.96. The molecular formula is C16H24ClNO5S. The first-order chi connectivity index (χ1) is 11.3. The summed E-state index contributed by atoms with van der Waals surface area (Å²) in [5.41, 5.74) is 0.966. The van der Waals surface area contributed by atoms with Crippen LogP contribution in [0.1, 0.15) is 38.7 Å². The largest absolute Gasteiger partial charge is 0.344 e. The van der Waals surface area contributed by atoms with Gasteiger partial charge in [-0.25, -0.2) is 5.14 Å². The number of nitrogens with two attached hydrogens (primary N) is 1. The van der Waals surface area contributed by atoms with Crippen molar-refractivity contribution in [1.29, 1.82) is 0 Å². The summed E-state index contributed by atoms with van der Waals surface area (Å²) in [6, 6.07) is 7.57. The van der Waals surface area contributed by atoms with Gasteiger partial charge >= 0.3 is 10.3 Å². The van der Waals surface area contributed by atoms with E-state index in [0.717, 1.165) is 5.56 Å². The maximum Gasteiger partial charge on any atom is 0.333 e. The lowest BCUT2D eigenvalue weighted by Gasteiger charge is -2.25. The molecule has 2 N–H and O–H groups in total. The first kappa shape index (κ1) is 19.6. The highest BCUT2D eigenvalue weighted by Crippen LogP contribution is 2.37. The third-order valence-electron chi connectivity index (χ3n) is 4.25. The van der Waals surface area contributed by atoms with Crippen LogP contribution in [-0.4, -0.2) is 33.0 Å². The summed E-state index contributed by atoms with van der Waals surface area (Å²) in [4.78, 5) is 0. The van der Waals surface area contributed by atoms with E-state index in [1.54, 1.807) is 0 Å². The molecule has 0 bridgehead atoms. The van der Waals surface area contributed by atoms with E-state index in [1.165, 1.54) is 0 Å². The lowest BCUT2D eigenvalue weighted by atomic mass is 10.0. The first-order valence-corrected chi connectivity index (χ1v) is 9.89. The van der Waals surface area contributed by atoms with Crippen LogP contribution in [0.3, 0.4) is 0 Å². The fourth-order valence-corrected chi connectivity index (χ4v) is 3.44. The molecule has 0 aromatic heterocycles. The number of benzene rings is 1. The Morgan fingerprint density at radius 2 is 1.83 bits per heavy atom. The van der Waals surface area contributed by atoms with Gasteiger partial charge in [-0.2, -0.15) is 8.42 Å². The van der Waals surface area contributed by atoms with Gasteiger partial charge in [-0.1, -0.05) is 43.6 Å². The van der Waals surface area contributed by atoms with Gasteiger partial charge in [0, 0.05) is 17.9 Å². The van der Waals surface area contributed by atoms with Crippen molar-refractivity contribution in [2.45, 2.75) is 57.5 Å². The van der Waals surface area contributed by atoms with E-state index in [0.29, 0.717) is 30.7 Å². The van der Waals surface area contributed by atoms with Gasteiger partial charge in [0.1, 0.15) is 0 Å². The average Bonchev–Trinajstić information content (AvgIpc) is 2.87. The topological polar surface area (TPSA) is 87.9 Å². The predicted molar refractivity (Wildman–Crippen MR) is 91.9 cm³/mol. The highest BCUT2D eigenvalue weighted by molar-refractivity contribution is 7.84. The second kappa shape index (κ2) is 8.12. The van der Waals surface area contributed by atoms with Gasteiger partial charge in [-0.05, 0) is 24.5 Å². The fraction of sp³-hybridized carbons (Fsp3) is 0.625. The third-order valence-corrected chi connectivity index (χ3v) is 5.12. The van der Waals surface area contributed by atoms with E-state index in [-0.39, 0.29) is 18.8 Å². The number of hydrogen-bond acceptors (Lipinski definition) is 5. The molecule has 0 saturated carbocycles. The zero-order chi connectivity index (χ0) is 17.8. The standard InChI is InChI=1S/C16H24ClNO5S/c1-3-16(4-2)22-14(9-10-21-24(18,19)20)15(23-16)11-12-7-5-6-8-13(12)17/h5-8,14-15H,3-4,9-11H2,1-2H3,(H2,18,19,20)/t14-,15-/m1/s1. The van der Waals surface area contributed by atoms with Crippen LogP contribution in [0.15, 0.2) is 24.3 Å². The van der Waals surface area contributed by atoms with Crippen molar-refractivity contribution in [3.05, 3.63) is 34.9 Å². The fourth-order valence-electron chi connectivity index (χ4n) is 2.89. The molecule has 2 rings (SSSR count). The zero-order valence-corrected chi connectivity index (χ0v) is 15.5. The monoisotopic (exact) mass is 377 g/mol. The number of halogens is 1. The van der Waals surface area contributed by atoms with Gasteiger partial charge < -0.3 is 9.47 Å². The Hall–Kier alpha value is -0.700. The molecule has 2 atom stereocenters. The summed E-state index contributed by atoms with van der Waals surface area (Å²) in [6.45, 7) is 3.95. The van der Waals surface area contributed by atoms with Crippen molar-refractivity contribution < 1.29 is 22.1 Å². The summed E-state index contributed by atoms with van der Waals surface area (Å²) >= 11 is 6.24. The first-order valence-electron chi connectivity index (χ1n) is 8.05. The van der Waals surface area contributed by atoms with Gasteiger partial charge in [0.05, 0.1) is 18.8 Å². The van der Waals surface area contributed by atoms with E-state index < -0.39 is 16.1 Å². The average molecular weight is 378 g/mol. The zero-order valence-electron chi connectivity index (χ0n) is 13.9. The molecule has 1 fully saturated rings. The molecular weight excluding hydrogens is 354 g/mol. The smallest absolute Gasteiger partial charge is 0.333 e. The van der Waals surface area contributed by atoms with Crippen molar-refractivity contribution >= 4 is 21.9 Å². The molecule has 1 aliphatic heterocycles. The summed E-state index contributed by atoms with van der Waals surface area (Å²) in [6.07, 6.45) is 1.84. The molecule has 6 nitrogen and oxygen atoms in total. The molecule has 0 spiro atoms. The van der Waals surface area contributed by atoms with Crippen LogP contribution < -0.4 is 5.14 Å². The normalized spacial score (nSPS) is 23.5. The van der Waals surface area contributed by atoms with Crippen molar-refractivity contribution in [1.82, 2.24) is 0 Å². The number of rotatable bonds is 8. The maximum atomic E-state index is 10.9. The lowest BCUT2D eigenvalue weighted by molar-refractivity contribution is -0.179. The second-order valence-corrected chi connectivity index (χ2v) is 7.46. The van der Waals surface area contributed by atoms with Crippen molar-refractivity contribution in [3.8, 4) is 0 Å². The van der Waals surface area contributed by atoms with Gasteiger partial charge in [-0.15, -0.1) is 0 Å². The Morgan fingerprint density at radius 3 is 2.42 bits per heavy atom. The Kier molecular flexibility index (Phi) is 6.64. The predicted octanol–water partition coefficient (Wildman–Crippen LogP) is 2.79. The van der Waals surface area contributed by atoms with E-state index in [1.807, 2.05) is 38.1 Å². The summed E-state index contributed by atoms with van der Waals surface area (Å²) in [5, 5.41) is 5.54. The molecule has 0 aliphatic carbocycles. The van der Waals surface area contributed by atoms with Crippen molar-refractivity contribution in [2.75, 3.05) is 6.61 Å². The molecule has 1 aliphatic rings. The highest BCUT2D eigenvalue weighted by atomic mass is 35.5. The van der Waals surface area contributed by atoms with Crippen molar-refractivity contribution in [3.63, 3.8) is 0 Å². The molecule has 8 heteroatoms. The minimum Gasteiger partial charge on any atom is -0.344 e. The van der Waals surface area contributed by atoms with Crippen LogP contribution in [0, 0.1) is 0 Å². The van der Waals surface area contributed by atoms with E-state index in [4.69, 9.17) is 26.2 Å². The number of ether oxygens (including phenoxy) is 2. The van der Waals surface area contributed by atoms with Crippen LogP contribution in [0.25, 0.3) is 0 Å². The Labute approximate surface area is 148 Å². The van der Waals surface area contributed by atoms with E-state index >= 15 is 0 Å². The van der Waals surface area contributed by atoms with Crippen LogP contribution in [0.2, 0.25) is 5.02 Å². The van der Waals surface area contributed by atoms with Gasteiger partial charge in [0.2, 0.25) is 0 Å². The Balaban J connectivity index is 2.10.